The maximum absolute atomic E-state index is 14.6. The minimum absolute atomic E-state index is 0.0462. The Morgan fingerprint density at radius 2 is 1.94 bits per heavy atom. The second-order valence-corrected chi connectivity index (χ2v) is 8.06. The summed E-state index contributed by atoms with van der Waals surface area (Å²) in [6, 6.07) is 7.11. The molecule has 4 rings (SSSR count). The second-order valence-electron chi connectivity index (χ2n) is 8.06. The van der Waals surface area contributed by atoms with Gasteiger partial charge in [-0.2, -0.15) is 0 Å². The van der Waals surface area contributed by atoms with Gasteiger partial charge in [0.1, 0.15) is 11.6 Å². The number of rotatable bonds is 6. The summed E-state index contributed by atoms with van der Waals surface area (Å²) in [6.07, 6.45) is 0.917. The van der Waals surface area contributed by atoms with Gasteiger partial charge in [0.2, 0.25) is 0 Å². The van der Waals surface area contributed by atoms with Gasteiger partial charge in [0.25, 0.3) is 5.91 Å². The van der Waals surface area contributed by atoms with Gasteiger partial charge in [-0.3, -0.25) is 9.59 Å². The molecule has 168 valence electrons. The number of benzene rings is 2. The average molecular weight is 443 g/mol. The highest BCUT2D eigenvalue weighted by Gasteiger charge is 2.39. The summed E-state index contributed by atoms with van der Waals surface area (Å²) < 4.78 is 42.0. The second kappa shape index (κ2) is 8.78. The molecule has 1 aliphatic carbocycles. The highest BCUT2D eigenvalue weighted by molar-refractivity contribution is 6.21. The van der Waals surface area contributed by atoms with E-state index >= 15 is 0 Å². The molecule has 1 heterocycles. The molecule has 0 spiro atoms. The van der Waals surface area contributed by atoms with E-state index in [0.29, 0.717) is 41.8 Å². The number of carbonyl (C=O) groups is 2. The number of ketones is 1. The van der Waals surface area contributed by atoms with Crippen molar-refractivity contribution in [3.8, 4) is 0 Å². The highest BCUT2D eigenvalue weighted by atomic mass is 19.2. The first-order chi connectivity index (χ1) is 15.3. The van der Waals surface area contributed by atoms with Crippen LogP contribution in [-0.4, -0.2) is 23.2 Å². The van der Waals surface area contributed by atoms with Crippen molar-refractivity contribution >= 4 is 17.3 Å². The van der Waals surface area contributed by atoms with E-state index in [-0.39, 0.29) is 17.9 Å². The number of nitrogens with zero attached hydrogens (tertiary/aromatic N) is 1. The number of carbonyl (C=O) groups excluding carboxylic acids is 2. The van der Waals surface area contributed by atoms with Crippen molar-refractivity contribution in [2.45, 2.75) is 39.3 Å². The Hall–Kier alpha value is -3.13. The predicted molar refractivity (Wildman–Crippen MR) is 113 cm³/mol. The zero-order valence-electron chi connectivity index (χ0n) is 17.8. The van der Waals surface area contributed by atoms with Crippen molar-refractivity contribution in [1.82, 2.24) is 15.8 Å². The largest absolute Gasteiger partial charge is 0.344 e. The van der Waals surface area contributed by atoms with Gasteiger partial charge in [0, 0.05) is 30.1 Å². The van der Waals surface area contributed by atoms with E-state index in [0.717, 1.165) is 12.1 Å². The molecule has 1 unspecified atom stereocenters. The minimum atomic E-state index is -1.05. The molecule has 8 heteroatoms. The van der Waals surface area contributed by atoms with Gasteiger partial charge < -0.3 is 10.3 Å². The normalized spacial score (nSPS) is 18.8. The van der Waals surface area contributed by atoms with Gasteiger partial charge in [-0.25, -0.2) is 18.6 Å². The molecule has 32 heavy (non-hydrogen) atoms. The molecule has 1 amide bonds. The fraction of sp³-hybridized carbons (Fsp3) is 0.333. The molecule has 1 aliphatic heterocycles. The maximum atomic E-state index is 14.6. The van der Waals surface area contributed by atoms with Gasteiger partial charge in [0.05, 0.1) is 18.2 Å². The van der Waals surface area contributed by atoms with Crippen LogP contribution in [0.25, 0.3) is 5.57 Å². The molecule has 0 aromatic heterocycles. The van der Waals surface area contributed by atoms with E-state index in [1.165, 1.54) is 12.1 Å². The summed E-state index contributed by atoms with van der Waals surface area (Å²) in [5.41, 5.74) is 5.16. The van der Waals surface area contributed by atoms with Crippen molar-refractivity contribution in [1.29, 1.82) is 0 Å². The molecule has 2 aromatic carbocycles. The van der Waals surface area contributed by atoms with E-state index in [2.05, 4.69) is 10.7 Å². The van der Waals surface area contributed by atoms with Crippen LogP contribution in [0.2, 0.25) is 0 Å². The first-order valence-electron chi connectivity index (χ1n) is 10.6. The Labute approximate surface area is 184 Å². The van der Waals surface area contributed by atoms with Crippen LogP contribution in [-0.2, 0) is 16.1 Å². The number of fused-ring (bicyclic) bond motifs is 1. The van der Waals surface area contributed by atoms with Crippen LogP contribution >= 0.6 is 0 Å². The summed E-state index contributed by atoms with van der Waals surface area (Å²) in [5.74, 6) is -3.55. The molecule has 0 radical (unpaired) electrons. The quantitative estimate of drug-likeness (QED) is 0.708. The number of hydrogen-bond acceptors (Lipinski definition) is 4. The Morgan fingerprint density at radius 1 is 1.16 bits per heavy atom. The Bertz CT molecular complexity index is 1120. The summed E-state index contributed by atoms with van der Waals surface area (Å²) >= 11 is 0. The lowest BCUT2D eigenvalue weighted by Crippen LogP contribution is -2.44. The number of Topliss-reactive ketones (excluding diaryl/α,β-unsaturated/α-hetero) is 1. The monoisotopic (exact) mass is 443 g/mol. The van der Waals surface area contributed by atoms with Crippen LogP contribution in [0.1, 0.15) is 49.4 Å². The predicted octanol–water partition coefficient (Wildman–Crippen LogP) is 4.01. The molecule has 2 aliphatic rings. The molecule has 1 fully saturated rings. The molecule has 2 atom stereocenters. The highest BCUT2D eigenvalue weighted by Crippen LogP contribution is 2.37. The van der Waals surface area contributed by atoms with E-state index in [9.17, 15) is 22.8 Å². The number of allylic oxidation sites excluding steroid dienone is 1. The molecule has 0 bridgehead atoms. The number of halogens is 3. The third-order valence-corrected chi connectivity index (χ3v) is 6.15. The van der Waals surface area contributed by atoms with E-state index < -0.39 is 35.3 Å². The zero-order chi connectivity index (χ0) is 23.0. The average Bonchev–Trinajstić information content (AvgIpc) is 2.75. The molecule has 2 N–H and O–H groups in total. The lowest BCUT2D eigenvalue weighted by molar-refractivity contribution is -0.131. The maximum Gasteiger partial charge on any atom is 0.254 e. The van der Waals surface area contributed by atoms with Gasteiger partial charge in [-0.05, 0) is 42.7 Å². The molecule has 0 saturated heterocycles. The van der Waals surface area contributed by atoms with E-state index in [1.807, 2.05) is 6.92 Å². The fourth-order valence-corrected chi connectivity index (χ4v) is 4.33. The third kappa shape index (κ3) is 3.90. The van der Waals surface area contributed by atoms with Crippen LogP contribution in [0.4, 0.5) is 13.2 Å². The molecule has 5 nitrogen and oxygen atoms in total. The Kier molecular flexibility index (Phi) is 6.06. The van der Waals surface area contributed by atoms with Crippen molar-refractivity contribution in [3.05, 3.63) is 76.2 Å². The van der Waals surface area contributed by atoms with Crippen LogP contribution in [0.3, 0.4) is 0 Å². The van der Waals surface area contributed by atoms with Crippen LogP contribution in [0.15, 0.2) is 42.1 Å². The summed E-state index contributed by atoms with van der Waals surface area (Å²) in [5, 5.41) is 4.56. The first-order valence-corrected chi connectivity index (χ1v) is 10.6. The third-order valence-electron chi connectivity index (χ3n) is 6.15. The lowest BCUT2D eigenvalue weighted by Gasteiger charge is -2.36. The summed E-state index contributed by atoms with van der Waals surface area (Å²) in [4.78, 5) is 25.7. The van der Waals surface area contributed by atoms with E-state index in [1.54, 1.807) is 24.1 Å². The summed E-state index contributed by atoms with van der Waals surface area (Å²) in [6.45, 7) is 4.48. The van der Waals surface area contributed by atoms with Gasteiger partial charge >= 0.3 is 0 Å². The molecule has 2 aromatic rings. The Morgan fingerprint density at radius 3 is 2.56 bits per heavy atom. The summed E-state index contributed by atoms with van der Waals surface area (Å²) in [7, 11) is 0. The number of hydrazine groups is 1. The van der Waals surface area contributed by atoms with Gasteiger partial charge in [-0.15, -0.1) is 0 Å². The molecule has 1 saturated carbocycles. The first kappa shape index (κ1) is 22.1. The number of nitrogens with one attached hydrogen (secondary N) is 2. The van der Waals surface area contributed by atoms with Crippen LogP contribution in [0.5, 0.6) is 0 Å². The standard InChI is InChI=1S/C24H24F3N3O2/c1-3-28-30-12-17-15(5-4-6-18(17)25)22(13(30)2)24(32)29-23(16-8-10-21(16)31)14-7-9-19(26)20(27)11-14/h4-7,9,11,16,23,28H,3,8,10,12H2,1-2H3,(H,29,32)/t16?,23-/m1/s1. The lowest BCUT2D eigenvalue weighted by atomic mass is 9.75. The van der Waals surface area contributed by atoms with E-state index in [4.69, 9.17) is 0 Å². The topological polar surface area (TPSA) is 61.4 Å². The van der Waals surface area contributed by atoms with Crippen LogP contribution in [0, 0.1) is 23.4 Å². The smallest absolute Gasteiger partial charge is 0.254 e. The van der Waals surface area contributed by atoms with Gasteiger partial charge in [-0.1, -0.05) is 25.1 Å². The van der Waals surface area contributed by atoms with Crippen molar-refractivity contribution in [3.63, 3.8) is 0 Å². The number of amides is 1. The molecular weight excluding hydrogens is 419 g/mol. The van der Waals surface area contributed by atoms with Crippen molar-refractivity contribution in [2.24, 2.45) is 5.92 Å². The van der Waals surface area contributed by atoms with Gasteiger partial charge in [0.15, 0.2) is 11.6 Å². The molecular formula is C24H24F3N3O2. The van der Waals surface area contributed by atoms with Crippen molar-refractivity contribution in [2.75, 3.05) is 6.54 Å². The SMILES string of the molecule is CCNN1Cc2c(F)cccc2C(C(=O)N[C@H](c2ccc(F)c(F)c2)C2CCC2=O)=C1C. The number of hydrogen-bond donors (Lipinski definition) is 2. The minimum Gasteiger partial charge on any atom is -0.344 e. The Balaban J connectivity index is 1.73. The van der Waals surface area contributed by atoms with Crippen LogP contribution < -0.4 is 10.7 Å². The zero-order valence-corrected chi connectivity index (χ0v) is 17.8. The fourth-order valence-electron chi connectivity index (χ4n) is 4.33. The van der Waals surface area contributed by atoms with Crippen molar-refractivity contribution < 1.29 is 22.8 Å².